The van der Waals surface area contributed by atoms with Crippen molar-refractivity contribution in [1.82, 2.24) is 25.2 Å². The average Bonchev–Trinajstić information content (AvgIpc) is 3.57. The Bertz CT molecular complexity index is 1510. The van der Waals surface area contributed by atoms with E-state index in [0.717, 1.165) is 44.8 Å². The van der Waals surface area contributed by atoms with Crippen LogP contribution in [0.5, 0.6) is 6.01 Å². The third-order valence-corrected chi connectivity index (χ3v) is 8.89. The van der Waals surface area contributed by atoms with Gasteiger partial charge in [0.1, 0.15) is 29.6 Å². The molecule has 1 aromatic carbocycles. The Labute approximate surface area is 254 Å². The predicted octanol–water partition coefficient (Wildman–Crippen LogP) is 5.88. The molecular weight excluding hydrogens is 581 g/mol. The molecule has 0 saturated carbocycles. The molecule has 3 aromatic rings. The lowest BCUT2D eigenvalue weighted by Crippen LogP contribution is -2.44. The molecule has 2 aromatic heterocycles. The summed E-state index contributed by atoms with van der Waals surface area (Å²) in [5.74, 6) is -2.37. The normalized spacial score (nSPS) is 18.3. The van der Waals surface area contributed by atoms with E-state index in [1.54, 1.807) is 6.92 Å². The van der Waals surface area contributed by atoms with E-state index >= 15 is 8.78 Å². The minimum absolute atomic E-state index is 0.00726. The molecule has 240 valence electrons. The number of fused-ring (bicyclic) bond motifs is 2. The van der Waals surface area contributed by atoms with Crippen molar-refractivity contribution < 1.29 is 26.7 Å². The Morgan fingerprint density at radius 1 is 1.00 bits per heavy atom. The van der Waals surface area contributed by atoms with Crippen LogP contribution in [0.4, 0.5) is 33.6 Å². The summed E-state index contributed by atoms with van der Waals surface area (Å²) in [6.45, 7) is 11.4. The number of ether oxygens (including phenoxy) is 1. The standard InChI is InChI=1S/C29H34F5N7O.C2H6/c1-3-17-19-25(23(31)20(22(17)30)24-21(29(32,33)34)16(2)14-18(35)37-24)38-27(39-26(19)40-12-8-36-9-13-40)42-15-28-6-4-10-41(28)11-5-7-28;1-2/h14,36H,3-13,15H2,1-2H3,(H2,35,37);1-2H3. The Morgan fingerprint density at radius 3 is 2.27 bits per heavy atom. The number of hydrogen-bond donors (Lipinski definition) is 2. The first kappa shape index (κ1) is 32.1. The lowest BCUT2D eigenvalue weighted by molar-refractivity contribution is -0.137. The largest absolute Gasteiger partial charge is 0.461 e. The van der Waals surface area contributed by atoms with Crippen LogP contribution in [0.3, 0.4) is 0 Å². The number of nitrogens with one attached hydrogen (secondary N) is 1. The number of aromatic nitrogens is 3. The van der Waals surface area contributed by atoms with Crippen molar-refractivity contribution >= 4 is 22.5 Å². The number of nitrogens with two attached hydrogens (primary N) is 1. The second-order valence-corrected chi connectivity index (χ2v) is 11.4. The molecule has 0 aliphatic carbocycles. The molecule has 13 heteroatoms. The third-order valence-electron chi connectivity index (χ3n) is 8.89. The van der Waals surface area contributed by atoms with Gasteiger partial charge in [0.2, 0.25) is 0 Å². The van der Waals surface area contributed by atoms with Gasteiger partial charge in [0.05, 0.1) is 27.7 Å². The fourth-order valence-electron chi connectivity index (χ4n) is 6.95. The van der Waals surface area contributed by atoms with Gasteiger partial charge in [0.15, 0.2) is 5.82 Å². The number of aryl methyl sites for hydroxylation is 2. The number of nitrogens with zero attached hydrogens (tertiary/aromatic N) is 5. The van der Waals surface area contributed by atoms with Crippen LogP contribution < -0.4 is 20.7 Å². The predicted molar refractivity (Wildman–Crippen MR) is 161 cm³/mol. The van der Waals surface area contributed by atoms with E-state index in [1.165, 1.54) is 6.92 Å². The zero-order valence-electron chi connectivity index (χ0n) is 25.7. The minimum Gasteiger partial charge on any atom is -0.461 e. The molecule has 3 aliphatic heterocycles. The highest BCUT2D eigenvalue weighted by molar-refractivity contribution is 5.97. The van der Waals surface area contributed by atoms with Gasteiger partial charge < -0.3 is 20.7 Å². The van der Waals surface area contributed by atoms with Crippen molar-refractivity contribution in [2.24, 2.45) is 0 Å². The lowest BCUT2D eigenvalue weighted by Gasteiger charge is -2.32. The monoisotopic (exact) mass is 621 g/mol. The summed E-state index contributed by atoms with van der Waals surface area (Å²) in [5, 5.41) is 3.38. The quantitative estimate of drug-likeness (QED) is 0.330. The number of halogens is 5. The summed E-state index contributed by atoms with van der Waals surface area (Å²) >= 11 is 0. The first-order valence-corrected chi connectivity index (χ1v) is 15.4. The van der Waals surface area contributed by atoms with Gasteiger partial charge in [0.25, 0.3) is 0 Å². The molecule has 3 aliphatic rings. The topological polar surface area (TPSA) is 92.4 Å². The summed E-state index contributed by atoms with van der Waals surface area (Å²) in [4.78, 5) is 17.2. The molecule has 8 nitrogen and oxygen atoms in total. The van der Waals surface area contributed by atoms with E-state index in [2.05, 4.69) is 25.2 Å². The molecule has 0 amide bonds. The highest BCUT2D eigenvalue weighted by Gasteiger charge is 2.45. The van der Waals surface area contributed by atoms with E-state index in [-0.39, 0.29) is 45.8 Å². The van der Waals surface area contributed by atoms with Crippen LogP contribution >= 0.6 is 0 Å². The third kappa shape index (κ3) is 5.64. The molecule has 3 N–H and O–H groups in total. The van der Waals surface area contributed by atoms with Gasteiger partial charge >= 0.3 is 12.2 Å². The van der Waals surface area contributed by atoms with Crippen molar-refractivity contribution in [2.45, 2.75) is 71.5 Å². The summed E-state index contributed by atoms with van der Waals surface area (Å²) in [7, 11) is 0. The van der Waals surface area contributed by atoms with Crippen LogP contribution in [-0.4, -0.2) is 71.3 Å². The number of rotatable bonds is 6. The zero-order valence-corrected chi connectivity index (χ0v) is 25.7. The minimum atomic E-state index is -4.93. The Hall–Kier alpha value is -3.32. The molecule has 44 heavy (non-hydrogen) atoms. The maximum atomic E-state index is 16.6. The van der Waals surface area contributed by atoms with Crippen molar-refractivity contribution in [2.75, 3.05) is 56.5 Å². The van der Waals surface area contributed by atoms with Gasteiger partial charge in [-0.2, -0.15) is 23.1 Å². The molecule has 6 rings (SSSR count). The summed E-state index contributed by atoms with van der Waals surface area (Å²) in [6.07, 6.45) is -0.831. The van der Waals surface area contributed by atoms with Gasteiger partial charge in [-0.05, 0) is 63.7 Å². The van der Waals surface area contributed by atoms with Gasteiger partial charge in [-0.15, -0.1) is 0 Å². The molecule has 0 atom stereocenters. The van der Waals surface area contributed by atoms with E-state index < -0.39 is 34.6 Å². The molecule has 0 spiro atoms. The first-order chi connectivity index (χ1) is 21.0. The van der Waals surface area contributed by atoms with Crippen LogP contribution in [0.2, 0.25) is 0 Å². The Balaban J connectivity index is 0.00000188. The molecule has 0 bridgehead atoms. The van der Waals surface area contributed by atoms with Crippen molar-refractivity contribution in [3.8, 4) is 17.3 Å². The average molecular weight is 622 g/mol. The van der Waals surface area contributed by atoms with E-state index in [4.69, 9.17) is 10.5 Å². The second kappa shape index (κ2) is 12.6. The van der Waals surface area contributed by atoms with Gasteiger partial charge in [-0.1, -0.05) is 20.8 Å². The number of benzene rings is 1. The van der Waals surface area contributed by atoms with Crippen LogP contribution in [0.1, 0.15) is 63.1 Å². The maximum absolute atomic E-state index is 16.6. The van der Waals surface area contributed by atoms with E-state index in [9.17, 15) is 13.2 Å². The number of anilines is 2. The van der Waals surface area contributed by atoms with Gasteiger partial charge in [0, 0.05) is 31.7 Å². The lowest BCUT2D eigenvalue weighted by atomic mass is 9.94. The van der Waals surface area contributed by atoms with Crippen LogP contribution in [0, 0.1) is 18.6 Å². The van der Waals surface area contributed by atoms with Crippen molar-refractivity contribution in [3.05, 3.63) is 34.4 Å². The van der Waals surface area contributed by atoms with Crippen molar-refractivity contribution in [1.29, 1.82) is 0 Å². The summed E-state index contributed by atoms with van der Waals surface area (Å²) < 4.78 is 81.7. The Morgan fingerprint density at radius 2 is 1.66 bits per heavy atom. The fourth-order valence-corrected chi connectivity index (χ4v) is 6.95. The first-order valence-electron chi connectivity index (χ1n) is 15.4. The molecule has 0 radical (unpaired) electrons. The molecular formula is C31H40F5N7O. The number of piperazine rings is 1. The van der Waals surface area contributed by atoms with Crippen LogP contribution in [0.25, 0.3) is 22.2 Å². The summed E-state index contributed by atoms with van der Waals surface area (Å²) in [6, 6.07) is 0.949. The van der Waals surface area contributed by atoms with Gasteiger partial charge in [-0.3, -0.25) is 4.90 Å². The SMILES string of the molecule is CC.CCc1c(F)c(-c2nc(N)cc(C)c2C(F)(F)F)c(F)c2nc(OCC34CCCN3CCC4)nc(N3CCNCC3)c12. The fraction of sp³-hybridized carbons (Fsp3) is 0.581. The van der Waals surface area contributed by atoms with Crippen LogP contribution in [0.15, 0.2) is 6.07 Å². The number of nitrogen functional groups attached to an aromatic ring is 1. The number of alkyl halides is 3. The smallest absolute Gasteiger partial charge is 0.418 e. The van der Waals surface area contributed by atoms with E-state index in [1.807, 2.05) is 18.7 Å². The molecule has 3 saturated heterocycles. The maximum Gasteiger partial charge on any atom is 0.418 e. The zero-order chi connectivity index (χ0) is 31.8. The molecule has 3 fully saturated rings. The van der Waals surface area contributed by atoms with E-state index in [0.29, 0.717) is 38.6 Å². The summed E-state index contributed by atoms with van der Waals surface area (Å²) in [5.41, 5.74) is 2.02. The van der Waals surface area contributed by atoms with Crippen LogP contribution in [-0.2, 0) is 12.6 Å². The Kier molecular flexibility index (Phi) is 9.18. The molecule has 0 unspecified atom stereocenters. The second-order valence-electron chi connectivity index (χ2n) is 11.4. The number of hydrogen-bond acceptors (Lipinski definition) is 8. The number of pyridine rings is 1. The van der Waals surface area contributed by atoms with Gasteiger partial charge in [-0.25, -0.2) is 13.8 Å². The highest BCUT2D eigenvalue weighted by atomic mass is 19.4. The van der Waals surface area contributed by atoms with Crippen molar-refractivity contribution in [3.63, 3.8) is 0 Å². The molecule has 5 heterocycles. The highest BCUT2D eigenvalue weighted by Crippen LogP contribution is 2.45.